The molecule has 5 nitrogen and oxygen atoms in total. The standard InChI is InChI=1S/C20H29N3O2/c21-20(25)18-8-4-5-11-23(18)19(24)15-22-12-9-17(10-13-22)14-16-6-2-1-3-7-16/h1-3,6-7,17-18H,4-5,8-15H2,(H2,21,25)/p+1/t18-/m0/s1. The normalized spacial score (nSPS) is 27.0. The summed E-state index contributed by atoms with van der Waals surface area (Å²) in [5, 5.41) is 0. The lowest BCUT2D eigenvalue weighted by atomic mass is 9.90. The molecule has 2 aliphatic rings. The van der Waals surface area contributed by atoms with Gasteiger partial charge in [-0.1, -0.05) is 30.3 Å². The molecule has 0 radical (unpaired) electrons. The molecule has 0 saturated carbocycles. The van der Waals surface area contributed by atoms with Crippen LogP contribution >= 0.6 is 0 Å². The number of carbonyl (C=O) groups excluding carboxylic acids is 2. The monoisotopic (exact) mass is 344 g/mol. The largest absolute Gasteiger partial charge is 0.368 e. The second-order valence-corrected chi connectivity index (χ2v) is 7.56. The van der Waals surface area contributed by atoms with Crippen molar-refractivity contribution in [1.82, 2.24) is 4.90 Å². The van der Waals surface area contributed by atoms with Crippen molar-refractivity contribution in [3.63, 3.8) is 0 Å². The number of piperidine rings is 2. The van der Waals surface area contributed by atoms with Crippen LogP contribution in [0.5, 0.6) is 0 Å². The maximum absolute atomic E-state index is 12.7. The summed E-state index contributed by atoms with van der Waals surface area (Å²) in [6, 6.07) is 10.3. The molecular formula is C20H30N3O2+. The summed E-state index contributed by atoms with van der Waals surface area (Å²) in [4.78, 5) is 27.3. The van der Waals surface area contributed by atoms with E-state index in [1.54, 1.807) is 4.90 Å². The van der Waals surface area contributed by atoms with Gasteiger partial charge in [0.1, 0.15) is 6.04 Å². The van der Waals surface area contributed by atoms with E-state index in [2.05, 4.69) is 30.3 Å². The van der Waals surface area contributed by atoms with E-state index in [1.807, 2.05) is 0 Å². The smallest absolute Gasteiger partial charge is 0.278 e. The molecule has 1 aromatic carbocycles. The third-order valence-corrected chi connectivity index (χ3v) is 5.73. The van der Waals surface area contributed by atoms with Crippen LogP contribution < -0.4 is 10.6 Å². The maximum atomic E-state index is 12.7. The molecule has 136 valence electrons. The van der Waals surface area contributed by atoms with Gasteiger partial charge in [0.05, 0.1) is 13.1 Å². The molecule has 2 heterocycles. The van der Waals surface area contributed by atoms with Crippen LogP contribution in [0.15, 0.2) is 30.3 Å². The number of hydrogen-bond acceptors (Lipinski definition) is 2. The zero-order chi connectivity index (χ0) is 17.6. The molecule has 0 spiro atoms. The van der Waals surface area contributed by atoms with Crippen LogP contribution in [-0.4, -0.2) is 48.9 Å². The molecule has 2 amide bonds. The average molecular weight is 344 g/mol. The number of primary amides is 1. The summed E-state index contributed by atoms with van der Waals surface area (Å²) in [7, 11) is 0. The Kier molecular flexibility index (Phi) is 6.08. The van der Waals surface area contributed by atoms with Gasteiger partial charge in [0, 0.05) is 6.54 Å². The summed E-state index contributed by atoms with van der Waals surface area (Å²) < 4.78 is 0. The summed E-state index contributed by atoms with van der Waals surface area (Å²) >= 11 is 0. The number of likely N-dealkylation sites (tertiary alicyclic amines) is 2. The van der Waals surface area contributed by atoms with Crippen LogP contribution in [0.25, 0.3) is 0 Å². The number of nitrogens with two attached hydrogens (primary N) is 1. The molecule has 3 rings (SSSR count). The number of amides is 2. The fraction of sp³-hybridized carbons (Fsp3) is 0.600. The van der Waals surface area contributed by atoms with E-state index < -0.39 is 6.04 Å². The third kappa shape index (κ3) is 4.82. The fourth-order valence-electron chi connectivity index (χ4n) is 4.26. The van der Waals surface area contributed by atoms with Gasteiger partial charge < -0.3 is 15.5 Å². The number of benzene rings is 1. The summed E-state index contributed by atoms with van der Waals surface area (Å²) in [5.74, 6) is 0.458. The van der Waals surface area contributed by atoms with Crippen molar-refractivity contribution < 1.29 is 14.5 Å². The Labute approximate surface area is 150 Å². The highest BCUT2D eigenvalue weighted by molar-refractivity contribution is 5.87. The zero-order valence-electron chi connectivity index (χ0n) is 15.0. The lowest BCUT2D eigenvalue weighted by Gasteiger charge is -2.35. The van der Waals surface area contributed by atoms with Crippen molar-refractivity contribution in [3.8, 4) is 0 Å². The molecule has 2 saturated heterocycles. The van der Waals surface area contributed by atoms with Crippen LogP contribution in [0, 0.1) is 5.92 Å². The Morgan fingerprint density at radius 3 is 2.48 bits per heavy atom. The molecule has 2 fully saturated rings. The molecule has 0 aliphatic carbocycles. The SMILES string of the molecule is NC(=O)[C@@H]1CCCCN1C(=O)C[NH+]1CCC(Cc2ccccc2)CC1. The van der Waals surface area contributed by atoms with Crippen molar-refractivity contribution in [2.45, 2.75) is 44.6 Å². The van der Waals surface area contributed by atoms with Crippen molar-refractivity contribution in [3.05, 3.63) is 35.9 Å². The minimum atomic E-state index is -0.392. The first-order valence-electron chi connectivity index (χ1n) is 9.60. The van der Waals surface area contributed by atoms with Gasteiger partial charge in [0.25, 0.3) is 5.91 Å². The summed E-state index contributed by atoms with van der Waals surface area (Å²) in [5.41, 5.74) is 6.89. The zero-order valence-corrected chi connectivity index (χ0v) is 15.0. The highest BCUT2D eigenvalue weighted by atomic mass is 16.2. The quantitative estimate of drug-likeness (QED) is 0.811. The van der Waals surface area contributed by atoms with E-state index in [0.717, 1.165) is 57.5 Å². The van der Waals surface area contributed by atoms with Gasteiger partial charge in [0.2, 0.25) is 5.91 Å². The Hall–Kier alpha value is -1.88. The number of carbonyl (C=O) groups is 2. The first kappa shape index (κ1) is 17.9. The van der Waals surface area contributed by atoms with Crippen molar-refractivity contribution in [2.24, 2.45) is 11.7 Å². The molecule has 0 unspecified atom stereocenters. The Bertz CT molecular complexity index is 582. The predicted molar refractivity (Wildman–Crippen MR) is 97.0 cm³/mol. The van der Waals surface area contributed by atoms with E-state index >= 15 is 0 Å². The van der Waals surface area contributed by atoms with E-state index in [1.165, 1.54) is 10.5 Å². The number of nitrogens with one attached hydrogen (secondary N) is 1. The third-order valence-electron chi connectivity index (χ3n) is 5.73. The summed E-state index contributed by atoms with van der Waals surface area (Å²) in [6.07, 6.45) is 6.14. The minimum absolute atomic E-state index is 0.0972. The molecule has 3 N–H and O–H groups in total. The first-order chi connectivity index (χ1) is 12.1. The van der Waals surface area contributed by atoms with Crippen LogP contribution in [0.4, 0.5) is 0 Å². The van der Waals surface area contributed by atoms with Crippen LogP contribution in [0.2, 0.25) is 0 Å². The first-order valence-corrected chi connectivity index (χ1v) is 9.60. The molecule has 1 atom stereocenters. The lowest BCUT2D eigenvalue weighted by molar-refractivity contribution is -0.898. The van der Waals surface area contributed by atoms with Crippen LogP contribution in [0.1, 0.15) is 37.7 Å². The second kappa shape index (κ2) is 8.48. The molecular weight excluding hydrogens is 314 g/mol. The van der Waals surface area contributed by atoms with Gasteiger partial charge >= 0.3 is 0 Å². The van der Waals surface area contributed by atoms with Crippen LogP contribution in [0.3, 0.4) is 0 Å². The Balaban J connectivity index is 1.46. The Morgan fingerprint density at radius 1 is 1.08 bits per heavy atom. The van der Waals surface area contributed by atoms with E-state index in [9.17, 15) is 9.59 Å². The average Bonchev–Trinajstić information content (AvgIpc) is 2.64. The van der Waals surface area contributed by atoms with Crippen LogP contribution in [-0.2, 0) is 16.0 Å². The number of quaternary nitrogens is 1. The van der Waals surface area contributed by atoms with E-state index in [-0.39, 0.29) is 11.8 Å². The maximum Gasteiger partial charge on any atom is 0.278 e. The molecule has 25 heavy (non-hydrogen) atoms. The van der Waals surface area contributed by atoms with Crippen molar-refractivity contribution >= 4 is 11.8 Å². The number of hydrogen-bond donors (Lipinski definition) is 2. The number of nitrogens with zero attached hydrogens (tertiary/aromatic N) is 1. The van der Waals surface area contributed by atoms with Crippen molar-refractivity contribution in [2.75, 3.05) is 26.2 Å². The summed E-state index contributed by atoms with van der Waals surface area (Å²) in [6.45, 7) is 3.26. The van der Waals surface area contributed by atoms with Gasteiger partial charge in [0.15, 0.2) is 6.54 Å². The van der Waals surface area contributed by atoms with Gasteiger partial charge in [-0.15, -0.1) is 0 Å². The van der Waals surface area contributed by atoms with Gasteiger partial charge in [-0.3, -0.25) is 9.59 Å². The Morgan fingerprint density at radius 2 is 1.80 bits per heavy atom. The van der Waals surface area contributed by atoms with Gasteiger partial charge in [-0.2, -0.15) is 0 Å². The van der Waals surface area contributed by atoms with Gasteiger partial charge in [-0.25, -0.2) is 0 Å². The highest BCUT2D eigenvalue weighted by Gasteiger charge is 2.33. The number of rotatable bonds is 5. The molecule has 5 heteroatoms. The molecule has 2 aliphatic heterocycles. The van der Waals surface area contributed by atoms with E-state index in [0.29, 0.717) is 13.1 Å². The second-order valence-electron chi connectivity index (χ2n) is 7.56. The van der Waals surface area contributed by atoms with Crippen molar-refractivity contribution in [1.29, 1.82) is 0 Å². The minimum Gasteiger partial charge on any atom is -0.368 e. The highest BCUT2D eigenvalue weighted by Crippen LogP contribution is 2.18. The molecule has 1 aromatic rings. The fourth-order valence-corrected chi connectivity index (χ4v) is 4.26. The van der Waals surface area contributed by atoms with E-state index in [4.69, 9.17) is 5.73 Å². The predicted octanol–water partition coefficient (Wildman–Crippen LogP) is 0.390. The molecule has 0 bridgehead atoms. The lowest BCUT2D eigenvalue weighted by Crippen LogP contribution is -3.14. The molecule has 0 aromatic heterocycles. The van der Waals surface area contributed by atoms with Gasteiger partial charge in [-0.05, 0) is 50.0 Å². The topological polar surface area (TPSA) is 67.8 Å².